The molecule has 0 aliphatic rings. The Hall–Kier alpha value is -5.43. The van der Waals surface area contributed by atoms with Crippen LogP contribution in [0.2, 0.25) is 0 Å². The molecule has 0 amide bonds. The first-order valence-electron chi connectivity index (χ1n) is 12.6. The first-order chi connectivity index (χ1) is 19.6. The van der Waals surface area contributed by atoms with Crippen molar-refractivity contribution in [1.29, 1.82) is 0 Å². The lowest BCUT2D eigenvalue weighted by Crippen LogP contribution is -2.07. The zero-order chi connectivity index (χ0) is 27.6. The number of rotatable bonds is 8. The average Bonchev–Trinajstić information content (AvgIpc) is 3.01. The molecule has 6 nitrogen and oxygen atoms in total. The molecular weight excluding hydrogens is 495 g/mol. The summed E-state index contributed by atoms with van der Waals surface area (Å²) in [6.45, 7) is 0. The molecule has 0 saturated heterocycles. The van der Waals surface area contributed by atoms with E-state index in [9.17, 15) is 4.79 Å². The third-order valence-electron chi connectivity index (χ3n) is 5.77. The van der Waals surface area contributed by atoms with Gasteiger partial charge < -0.3 is 4.74 Å². The van der Waals surface area contributed by atoms with Crippen LogP contribution in [0.3, 0.4) is 0 Å². The van der Waals surface area contributed by atoms with E-state index in [0.717, 1.165) is 28.2 Å². The minimum atomic E-state index is -0.405. The van der Waals surface area contributed by atoms with Crippen LogP contribution in [0.5, 0.6) is 5.75 Å². The summed E-state index contributed by atoms with van der Waals surface area (Å²) in [7, 11) is 5.69. The monoisotopic (exact) mass is 518 g/mol. The van der Waals surface area contributed by atoms with Crippen molar-refractivity contribution >= 4 is 54.2 Å². The summed E-state index contributed by atoms with van der Waals surface area (Å²) >= 11 is 0. The van der Waals surface area contributed by atoms with Crippen LogP contribution < -0.4 is 10.2 Å². The van der Waals surface area contributed by atoms with Gasteiger partial charge in [0.1, 0.15) is 13.6 Å². The van der Waals surface area contributed by atoms with Crippen molar-refractivity contribution in [3.63, 3.8) is 0 Å². The molecule has 0 saturated carbocycles. The van der Waals surface area contributed by atoms with Gasteiger partial charge in [-0.1, -0.05) is 72.2 Å². The maximum Gasteiger partial charge on any atom is 0.343 e. The minimum absolute atomic E-state index is 0.405. The van der Waals surface area contributed by atoms with Crippen LogP contribution >= 0.6 is 0 Å². The van der Waals surface area contributed by atoms with Crippen molar-refractivity contribution in [1.82, 2.24) is 0 Å². The quantitative estimate of drug-likeness (QED) is 0.0677. The summed E-state index contributed by atoms with van der Waals surface area (Å²) in [5.41, 5.74) is 6.18. The molecule has 0 aromatic heterocycles. The van der Waals surface area contributed by atoms with E-state index < -0.39 is 5.97 Å². The van der Waals surface area contributed by atoms with Gasteiger partial charge in [0.15, 0.2) is 0 Å². The molecular formula is C33H23BN4O2. The number of carbonyl (C=O) groups is 1. The van der Waals surface area contributed by atoms with Gasteiger partial charge in [0, 0.05) is 0 Å². The van der Waals surface area contributed by atoms with Gasteiger partial charge in [0.25, 0.3) is 0 Å². The van der Waals surface area contributed by atoms with E-state index in [1.165, 1.54) is 0 Å². The number of nitrogens with zero attached hydrogens (tertiary/aromatic N) is 4. The highest BCUT2D eigenvalue weighted by Gasteiger charge is 2.07. The number of hydrogen-bond acceptors (Lipinski definition) is 6. The van der Waals surface area contributed by atoms with E-state index in [-0.39, 0.29) is 0 Å². The molecule has 0 aliphatic carbocycles. The van der Waals surface area contributed by atoms with E-state index in [2.05, 4.69) is 20.5 Å². The number of azo groups is 2. The average molecular weight is 518 g/mol. The second-order valence-corrected chi connectivity index (χ2v) is 8.76. The molecule has 40 heavy (non-hydrogen) atoms. The predicted molar refractivity (Wildman–Crippen MR) is 160 cm³/mol. The molecule has 0 heterocycles. The maximum absolute atomic E-state index is 12.2. The number of esters is 1. The van der Waals surface area contributed by atoms with Gasteiger partial charge in [-0.3, -0.25) is 0 Å². The Morgan fingerprint density at radius 1 is 0.525 bits per heavy atom. The molecule has 7 heteroatoms. The molecule has 2 radical (unpaired) electrons. The maximum atomic E-state index is 12.2. The molecule has 0 atom stereocenters. The predicted octanol–water partition coefficient (Wildman–Crippen LogP) is 8.70. The number of ether oxygens (including phenoxy) is 1. The summed E-state index contributed by atoms with van der Waals surface area (Å²) in [5.74, 6) is 0.0409. The lowest BCUT2D eigenvalue weighted by atomic mass is 9.96. The zero-order valence-corrected chi connectivity index (χ0v) is 21.5. The van der Waals surface area contributed by atoms with Gasteiger partial charge in [-0.05, 0) is 83.9 Å². The van der Waals surface area contributed by atoms with E-state index in [1.807, 2.05) is 78.9 Å². The zero-order valence-electron chi connectivity index (χ0n) is 21.5. The Balaban J connectivity index is 1.13. The van der Waals surface area contributed by atoms with Gasteiger partial charge in [0.05, 0.1) is 28.3 Å². The van der Waals surface area contributed by atoms with Crippen LogP contribution in [-0.2, 0) is 0 Å². The molecule has 0 N–H and O–H groups in total. The molecule has 0 bridgehead atoms. The Morgan fingerprint density at radius 2 is 0.925 bits per heavy atom. The Bertz CT molecular complexity index is 1650. The summed E-state index contributed by atoms with van der Waals surface area (Å²) in [6, 6.07) is 38.6. The van der Waals surface area contributed by atoms with Crippen LogP contribution in [0.4, 0.5) is 22.7 Å². The lowest BCUT2D eigenvalue weighted by molar-refractivity contribution is 0.0735. The first kappa shape index (κ1) is 26.2. The highest BCUT2D eigenvalue weighted by molar-refractivity contribution is 6.32. The minimum Gasteiger partial charge on any atom is -0.423 e. The second-order valence-electron chi connectivity index (χ2n) is 8.76. The number of carbonyl (C=O) groups excluding carboxylic acids is 1. The Labute approximate surface area is 233 Å². The van der Waals surface area contributed by atoms with Gasteiger partial charge in [-0.15, -0.1) is 0 Å². The van der Waals surface area contributed by atoms with Crippen LogP contribution in [0.25, 0.3) is 12.2 Å². The second kappa shape index (κ2) is 12.9. The van der Waals surface area contributed by atoms with Crippen LogP contribution in [-0.4, -0.2) is 13.8 Å². The normalized spacial score (nSPS) is 11.4. The largest absolute Gasteiger partial charge is 0.423 e. The summed E-state index contributed by atoms with van der Waals surface area (Å²) in [6.07, 6.45) is 4.06. The number of hydrogen-bond donors (Lipinski definition) is 0. The molecule has 190 valence electrons. The van der Waals surface area contributed by atoms with Crippen molar-refractivity contribution in [3.05, 3.63) is 144 Å². The Kier molecular flexibility index (Phi) is 8.44. The molecule has 0 spiro atoms. The summed E-state index contributed by atoms with van der Waals surface area (Å²) in [4.78, 5) is 12.2. The van der Waals surface area contributed by atoms with E-state index >= 15 is 0 Å². The third-order valence-corrected chi connectivity index (χ3v) is 5.77. The van der Waals surface area contributed by atoms with E-state index in [4.69, 9.17) is 12.6 Å². The van der Waals surface area contributed by atoms with Crippen molar-refractivity contribution < 1.29 is 9.53 Å². The lowest BCUT2D eigenvalue weighted by Gasteiger charge is -2.04. The fourth-order valence-corrected chi connectivity index (χ4v) is 3.59. The van der Waals surface area contributed by atoms with Crippen LogP contribution in [0.15, 0.2) is 148 Å². The fraction of sp³-hybridized carbons (Fsp3) is 0. The molecule has 0 unspecified atom stereocenters. The standard InChI is InChI=1S/C33H23BN4O2/c34-27-12-18-30(19-13-27)37-35-28-14-8-24(9-15-28)6-7-25-10-16-29(17-11-25)36-38-31-20-22-32(23-21-31)40-33(39)26-4-2-1-3-5-26/h1-23H/b7-6+,37-35?,38-36?. The molecule has 5 aromatic rings. The van der Waals surface area contributed by atoms with E-state index in [1.54, 1.807) is 60.7 Å². The van der Waals surface area contributed by atoms with Crippen molar-refractivity contribution in [2.24, 2.45) is 20.5 Å². The van der Waals surface area contributed by atoms with Gasteiger partial charge in [-0.2, -0.15) is 20.5 Å². The highest BCUT2D eigenvalue weighted by Crippen LogP contribution is 2.23. The van der Waals surface area contributed by atoms with Crippen molar-refractivity contribution in [2.75, 3.05) is 0 Å². The van der Waals surface area contributed by atoms with Crippen LogP contribution in [0.1, 0.15) is 21.5 Å². The Morgan fingerprint density at radius 3 is 1.38 bits per heavy atom. The molecule has 5 aromatic carbocycles. The van der Waals surface area contributed by atoms with Gasteiger partial charge in [-0.25, -0.2) is 4.79 Å². The molecule has 0 aliphatic heterocycles. The molecule has 0 fully saturated rings. The van der Waals surface area contributed by atoms with Crippen molar-refractivity contribution in [2.45, 2.75) is 0 Å². The topological polar surface area (TPSA) is 75.7 Å². The first-order valence-corrected chi connectivity index (χ1v) is 12.6. The van der Waals surface area contributed by atoms with Crippen LogP contribution in [0, 0.1) is 0 Å². The fourth-order valence-electron chi connectivity index (χ4n) is 3.59. The summed E-state index contributed by atoms with van der Waals surface area (Å²) < 4.78 is 5.39. The number of benzene rings is 5. The third kappa shape index (κ3) is 7.55. The smallest absolute Gasteiger partial charge is 0.343 e. The van der Waals surface area contributed by atoms with Gasteiger partial charge >= 0.3 is 5.97 Å². The summed E-state index contributed by atoms with van der Waals surface area (Å²) in [5, 5.41) is 17.1. The highest BCUT2D eigenvalue weighted by atomic mass is 16.5. The van der Waals surface area contributed by atoms with Gasteiger partial charge in [0.2, 0.25) is 0 Å². The van der Waals surface area contributed by atoms with Crippen molar-refractivity contribution in [3.8, 4) is 5.75 Å². The van der Waals surface area contributed by atoms with E-state index in [0.29, 0.717) is 22.5 Å². The SMILES string of the molecule is [B]c1ccc(N=Nc2ccc(/C=C/c3ccc(N=Nc4ccc(OC(=O)c5ccccc5)cc4)cc3)cc2)cc1. The molecule has 5 rings (SSSR count).